The molecule has 0 bridgehead atoms. The molecule has 0 atom stereocenters. The van der Waals surface area contributed by atoms with Crippen molar-refractivity contribution in [3.05, 3.63) is 0 Å². The maximum Gasteiger partial charge on any atom is 1.00 e. The Balaban J connectivity index is 0. The Hall–Kier alpha value is 1.08. The van der Waals surface area contributed by atoms with Crippen LogP contribution in [0.5, 0.6) is 0 Å². The van der Waals surface area contributed by atoms with Gasteiger partial charge in [0.2, 0.25) is 0 Å². The Morgan fingerprint density at radius 3 is 0.667 bits per heavy atom. The molecule has 0 aromatic rings. The van der Waals surface area contributed by atoms with Gasteiger partial charge < -0.3 is 0 Å². The van der Waals surface area contributed by atoms with E-state index in [2.05, 4.69) is 0 Å². The molecule has 0 nitrogen and oxygen atoms in total. The van der Waals surface area contributed by atoms with Gasteiger partial charge in [0.25, 0.3) is 0 Å². The van der Waals surface area contributed by atoms with E-state index in [-0.39, 0.29) is 51.4 Å². The Kier molecular flexibility index (Phi) is 5.27. The van der Waals surface area contributed by atoms with Crippen LogP contribution in [-0.2, 0) is 0 Å². The molecule has 0 amide bonds. The zero-order valence-electron chi connectivity index (χ0n) is 5.52. The van der Waals surface area contributed by atoms with Gasteiger partial charge in [-0.1, -0.05) is 0 Å². The van der Waals surface area contributed by atoms with Gasteiger partial charge in [-0.2, -0.15) is 35.1 Å². The molecule has 0 heterocycles. The first-order valence-electron chi connectivity index (χ1n) is 2.01. The summed E-state index contributed by atoms with van der Waals surface area (Å²) in [7, 11) is 0. The second-order valence-electron chi connectivity index (χ2n) is 1.57. The van der Waals surface area contributed by atoms with E-state index in [1.54, 1.807) is 0 Å². The molecule has 0 aliphatic carbocycles. The molecular formula is C3F8K+. The maximum atomic E-state index is 11.2. The van der Waals surface area contributed by atoms with Gasteiger partial charge in [-0.05, 0) is 0 Å². The molecule has 0 spiro atoms. The van der Waals surface area contributed by atoms with Gasteiger partial charge in [0.1, 0.15) is 0 Å². The van der Waals surface area contributed by atoms with Crippen molar-refractivity contribution < 1.29 is 86.5 Å². The first kappa shape index (κ1) is 15.5. The van der Waals surface area contributed by atoms with Gasteiger partial charge in [-0.25, -0.2) is 0 Å². The second kappa shape index (κ2) is 4.07. The molecule has 12 heavy (non-hydrogen) atoms. The van der Waals surface area contributed by atoms with Crippen LogP contribution in [0, 0.1) is 0 Å². The third-order valence-electron chi connectivity index (χ3n) is 0.712. The normalized spacial score (nSPS) is 14.0. The molecule has 0 unspecified atom stereocenters. The van der Waals surface area contributed by atoms with Crippen molar-refractivity contribution in [1.29, 1.82) is 0 Å². The number of alkyl halides is 8. The van der Waals surface area contributed by atoms with Crippen LogP contribution in [0.1, 0.15) is 0 Å². The van der Waals surface area contributed by atoms with Crippen molar-refractivity contribution in [2.45, 2.75) is 18.3 Å². The standard InChI is InChI=1S/C3F8.K/c4-1(5,2(6,7)8)3(9,10)11;/q;+1. The molecule has 0 radical (unpaired) electrons. The van der Waals surface area contributed by atoms with Crippen molar-refractivity contribution in [3.63, 3.8) is 0 Å². The molecular weight excluding hydrogens is 227 g/mol. The summed E-state index contributed by atoms with van der Waals surface area (Å²) in [6.07, 6.45) is -13.2. The smallest absolute Gasteiger partial charge is 0.186 e. The van der Waals surface area contributed by atoms with Crippen molar-refractivity contribution in [3.8, 4) is 0 Å². The van der Waals surface area contributed by atoms with E-state index in [0.29, 0.717) is 0 Å². The molecule has 9 heteroatoms. The van der Waals surface area contributed by atoms with Crippen LogP contribution in [0.25, 0.3) is 0 Å². The van der Waals surface area contributed by atoms with Gasteiger partial charge in [-0.15, -0.1) is 0 Å². The van der Waals surface area contributed by atoms with Gasteiger partial charge in [0.05, 0.1) is 0 Å². The summed E-state index contributed by atoms with van der Waals surface area (Å²) in [6.45, 7) is 0. The number of halogens is 8. The fraction of sp³-hybridized carbons (Fsp3) is 1.00. The van der Waals surface area contributed by atoms with Gasteiger partial charge >= 0.3 is 69.7 Å². The predicted molar refractivity (Wildman–Crippen MR) is 17.1 cm³/mol. The Bertz CT molecular complexity index is 125. The summed E-state index contributed by atoms with van der Waals surface area (Å²) in [5.74, 6) is -6.62. The van der Waals surface area contributed by atoms with Crippen molar-refractivity contribution in [1.82, 2.24) is 0 Å². The maximum absolute atomic E-state index is 11.2. The molecule has 0 N–H and O–H groups in total. The largest absolute Gasteiger partial charge is 1.00 e. The summed E-state index contributed by atoms with van der Waals surface area (Å²) in [4.78, 5) is 0. The van der Waals surface area contributed by atoms with Crippen molar-refractivity contribution in [2.75, 3.05) is 0 Å². The fourth-order valence-electron chi connectivity index (χ4n) is 0.161. The topological polar surface area (TPSA) is 0 Å². The average Bonchev–Trinajstić information content (AvgIpc) is 1.58. The molecule has 0 aromatic carbocycles. The van der Waals surface area contributed by atoms with E-state index in [4.69, 9.17) is 0 Å². The minimum Gasteiger partial charge on any atom is -0.186 e. The average molecular weight is 227 g/mol. The Morgan fingerprint density at radius 2 is 0.667 bits per heavy atom. The van der Waals surface area contributed by atoms with E-state index < -0.39 is 18.3 Å². The van der Waals surface area contributed by atoms with Gasteiger partial charge in [0.15, 0.2) is 0 Å². The molecule has 0 saturated heterocycles. The van der Waals surface area contributed by atoms with Crippen LogP contribution in [-0.4, -0.2) is 18.3 Å². The summed E-state index contributed by atoms with van der Waals surface area (Å²) in [5.41, 5.74) is 0. The SMILES string of the molecule is FC(F)(F)C(F)(F)C(F)(F)F.[K+]. The van der Waals surface area contributed by atoms with Crippen LogP contribution in [0.2, 0.25) is 0 Å². The summed E-state index contributed by atoms with van der Waals surface area (Å²) >= 11 is 0. The van der Waals surface area contributed by atoms with E-state index in [1.165, 1.54) is 0 Å². The second-order valence-corrected chi connectivity index (χ2v) is 1.57. The van der Waals surface area contributed by atoms with Crippen LogP contribution < -0.4 is 51.4 Å². The van der Waals surface area contributed by atoms with E-state index in [1.807, 2.05) is 0 Å². The first-order chi connectivity index (χ1) is 4.50. The van der Waals surface area contributed by atoms with Crippen LogP contribution in [0.3, 0.4) is 0 Å². The van der Waals surface area contributed by atoms with Crippen molar-refractivity contribution in [2.24, 2.45) is 0 Å². The predicted octanol–water partition coefficient (Wildman–Crippen LogP) is -0.250. The molecule has 68 valence electrons. The number of hydrogen-bond acceptors (Lipinski definition) is 0. The van der Waals surface area contributed by atoms with Crippen molar-refractivity contribution >= 4 is 0 Å². The monoisotopic (exact) mass is 227 g/mol. The molecule has 0 saturated carbocycles. The quantitative estimate of drug-likeness (QED) is 0.395. The Morgan fingerprint density at radius 1 is 0.500 bits per heavy atom. The third kappa shape index (κ3) is 3.09. The fourth-order valence-corrected chi connectivity index (χ4v) is 0.161. The van der Waals surface area contributed by atoms with E-state index >= 15 is 0 Å². The van der Waals surface area contributed by atoms with Gasteiger partial charge in [0, 0.05) is 0 Å². The first-order valence-corrected chi connectivity index (χ1v) is 2.01. The minimum absolute atomic E-state index is 0. The molecule has 0 rings (SSSR count). The zero-order chi connectivity index (χ0) is 9.50. The van der Waals surface area contributed by atoms with Gasteiger partial charge in [-0.3, -0.25) is 0 Å². The summed E-state index contributed by atoms with van der Waals surface area (Å²) in [5, 5.41) is 0. The zero-order valence-corrected chi connectivity index (χ0v) is 8.65. The Labute approximate surface area is 104 Å². The van der Waals surface area contributed by atoms with Crippen LogP contribution in [0.15, 0.2) is 0 Å². The third-order valence-corrected chi connectivity index (χ3v) is 0.712. The van der Waals surface area contributed by atoms with E-state index in [9.17, 15) is 35.1 Å². The van der Waals surface area contributed by atoms with Crippen LogP contribution >= 0.6 is 0 Å². The molecule has 0 aliphatic rings. The molecule has 0 aromatic heterocycles. The number of hydrogen-bond donors (Lipinski definition) is 0. The number of rotatable bonds is 0. The molecule has 0 aliphatic heterocycles. The van der Waals surface area contributed by atoms with E-state index in [0.717, 1.165) is 0 Å². The summed E-state index contributed by atoms with van der Waals surface area (Å²) in [6, 6.07) is 0. The van der Waals surface area contributed by atoms with Crippen LogP contribution in [0.4, 0.5) is 35.1 Å². The minimum atomic E-state index is -6.62. The summed E-state index contributed by atoms with van der Waals surface area (Å²) < 4.78 is 87.5. The molecule has 0 fully saturated rings.